The van der Waals surface area contributed by atoms with E-state index in [1.807, 2.05) is 16.8 Å². The molecule has 0 amide bonds. The van der Waals surface area contributed by atoms with Crippen molar-refractivity contribution < 1.29 is 4.39 Å². The summed E-state index contributed by atoms with van der Waals surface area (Å²) in [5.41, 5.74) is 0.931. The van der Waals surface area contributed by atoms with Crippen LogP contribution in [0.5, 0.6) is 0 Å². The summed E-state index contributed by atoms with van der Waals surface area (Å²) in [7, 11) is 0. The topological polar surface area (TPSA) is 50.1 Å². The average molecular weight is 375 g/mol. The SMILES string of the molecule is CC(C)CC(c1nnnn1C(C)(C)C)N1CCN(c2ccc(F)cc2)CC1. The van der Waals surface area contributed by atoms with Gasteiger partial charge in [0, 0.05) is 31.9 Å². The lowest BCUT2D eigenvalue weighted by Crippen LogP contribution is -2.48. The van der Waals surface area contributed by atoms with Crippen molar-refractivity contribution in [2.24, 2.45) is 5.92 Å². The molecular weight excluding hydrogens is 343 g/mol. The van der Waals surface area contributed by atoms with E-state index in [-0.39, 0.29) is 17.4 Å². The van der Waals surface area contributed by atoms with Crippen molar-refractivity contribution >= 4 is 5.69 Å². The van der Waals surface area contributed by atoms with Crippen molar-refractivity contribution in [1.82, 2.24) is 25.1 Å². The van der Waals surface area contributed by atoms with Gasteiger partial charge in [0.25, 0.3) is 0 Å². The number of aromatic nitrogens is 4. The molecule has 2 heterocycles. The van der Waals surface area contributed by atoms with Gasteiger partial charge in [-0.05, 0) is 67.8 Å². The molecule has 148 valence electrons. The summed E-state index contributed by atoms with van der Waals surface area (Å²) >= 11 is 0. The summed E-state index contributed by atoms with van der Waals surface area (Å²) in [6.07, 6.45) is 1.02. The van der Waals surface area contributed by atoms with Crippen LogP contribution in [-0.2, 0) is 5.54 Å². The minimum atomic E-state index is -0.191. The summed E-state index contributed by atoms with van der Waals surface area (Å²) < 4.78 is 15.2. The number of hydrogen-bond donors (Lipinski definition) is 0. The van der Waals surface area contributed by atoms with Crippen LogP contribution >= 0.6 is 0 Å². The molecule has 1 aliphatic heterocycles. The Morgan fingerprint density at radius 2 is 1.67 bits per heavy atom. The van der Waals surface area contributed by atoms with Crippen LogP contribution in [0.1, 0.15) is 52.9 Å². The lowest BCUT2D eigenvalue weighted by molar-refractivity contribution is 0.146. The van der Waals surface area contributed by atoms with Crippen molar-refractivity contribution in [2.45, 2.75) is 52.6 Å². The second kappa shape index (κ2) is 7.92. The first-order chi connectivity index (χ1) is 12.8. The molecular formula is C20H31FN6. The zero-order valence-corrected chi connectivity index (χ0v) is 17.1. The zero-order chi connectivity index (χ0) is 19.6. The fraction of sp³-hybridized carbons (Fsp3) is 0.650. The molecule has 0 aliphatic carbocycles. The Labute approximate surface area is 161 Å². The first-order valence-corrected chi connectivity index (χ1v) is 9.79. The van der Waals surface area contributed by atoms with Crippen LogP contribution in [0.3, 0.4) is 0 Å². The molecule has 7 heteroatoms. The molecule has 0 saturated carbocycles. The van der Waals surface area contributed by atoms with Gasteiger partial charge in [-0.3, -0.25) is 4.90 Å². The fourth-order valence-corrected chi connectivity index (χ4v) is 3.69. The Balaban J connectivity index is 1.76. The number of halogens is 1. The highest BCUT2D eigenvalue weighted by Gasteiger charge is 2.32. The predicted octanol–water partition coefficient (Wildman–Crippen LogP) is 3.48. The van der Waals surface area contributed by atoms with Crippen molar-refractivity contribution in [1.29, 1.82) is 0 Å². The quantitative estimate of drug-likeness (QED) is 0.802. The Kier molecular flexibility index (Phi) is 5.79. The van der Waals surface area contributed by atoms with Gasteiger partial charge in [-0.1, -0.05) is 13.8 Å². The highest BCUT2D eigenvalue weighted by molar-refractivity contribution is 5.46. The lowest BCUT2D eigenvalue weighted by atomic mass is 9.99. The van der Waals surface area contributed by atoms with E-state index in [1.54, 1.807) is 0 Å². The van der Waals surface area contributed by atoms with Crippen molar-refractivity contribution in [2.75, 3.05) is 31.1 Å². The molecule has 1 fully saturated rings. The third-order valence-corrected chi connectivity index (χ3v) is 5.07. The summed E-state index contributed by atoms with van der Waals surface area (Å²) in [5, 5.41) is 12.6. The molecule has 2 aromatic rings. The molecule has 1 saturated heterocycles. The summed E-state index contributed by atoms with van der Waals surface area (Å²) in [5.74, 6) is 1.31. The standard InChI is InChI=1S/C20H31FN6/c1-15(2)14-18(19-22-23-24-27(19)20(3,4)5)26-12-10-25(11-13-26)17-8-6-16(21)7-9-17/h6-9,15,18H,10-14H2,1-5H3. The predicted molar refractivity (Wildman–Crippen MR) is 105 cm³/mol. The van der Waals surface area contributed by atoms with Gasteiger partial charge >= 0.3 is 0 Å². The van der Waals surface area contributed by atoms with Crippen LogP contribution in [0.4, 0.5) is 10.1 Å². The Hall–Kier alpha value is -2.02. The van der Waals surface area contributed by atoms with Crippen LogP contribution in [0.15, 0.2) is 24.3 Å². The molecule has 0 spiro atoms. The Morgan fingerprint density at radius 3 is 2.22 bits per heavy atom. The Bertz CT molecular complexity index is 726. The zero-order valence-electron chi connectivity index (χ0n) is 17.1. The van der Waals surface area contributed by atoms with Gasteiger partial charge in [-0.15, -0.1) is 5.10 Å². The van der Waals surface area contributed by atoms with Crippen molar-refractivity contribution in [3.05, 3.63) is 35.9 Å². The van der Waals surface area contributed by atoms with E-state index in [4.69, 9.17) is 0 Å². The van der Waals surface area contributed by atoms with Gasteiger partial charge in [-0.25, -0.2) is 9.07 Å². The molecule has 0 N–H and O–H groups in total. The first kappa shape index (κ1) is 19.7. The van der Waals surface area contributed by atoms with E-state index in [9.17, 15) is 4.39 Å². The van der Waals surface area contributed by atoms with Gasteiger partial charge in [0.15, 0.2) is 5.82 Å². The van der Waals surface area contributed by atoms with Gasteiger partial charge in [-0.2, -0.15) is 0 Å². The molecule has 1 unspecified atom stereocenters. The van der Waals surface area contributed by atoms with E-state index in [2.05, 4.69) is 59.9 Å². The smallest absolute Gasteiger partial charge is 0.168 e. The van der Waals surface area contributed by atoms with Crippen molar-refractivity contribution in [3.63, 3.8) is 0 Å². The average Bonchev–Trinajstić information content (AvgIpc) is 3.10. The molecule has 1 aliphatic rings. The van der Waals surface area contributed by atoms with Gasteiger partial charge in [0.2, 0.25) is 0 Å². The number of rotatable bonds is 5. The van der Waals surface area contributed by atoms with E-state index in [0.29, 0.717) is 5.92 Å². The monoisotopic (exact) mass is 374 g/mol. The number of benzene rings is 1. The van der Waals surface area contributed by atoms with Crippen LogP contribution in [0.25, 0.3) is 0 Å². The van der Waals surface area contributed by atoms with E-state index >= 15 is 0 Å². The van der Waals surface area contributed by atoms with Crippen molar-refractivity contribution in [3.8, 4) is 0 Å². The Morgan fingerprint density at radius 1 is 1.04 bits per heavy atom. The van der Waals surface area contributed by atoms with Crippen LogP contribution in [-0.4, -0.2) is 51.3 Å². The maximum absolute atomic E-state index is 13.2. The van der Waals surface area contributed by atoms with Crippen LogP contribution in [0.2, 0.25) is 0 Å². The third-order valence-electron chi connectivity index (χ3n) is 5.07. The number of anilines is 1. The first-order valence-electron chi connectivity index (χ1n) is 9.79. The molecule has 0 radical (unpaired) electrons. The van der Waals surface area contributed by atoms with Gasteiger partial charge < -0.3 is 4.90 Å². The van der Waals surface area contributed by atoms with E-state index < -0.39 is 0 Å². The maximum Gasteiger partial charge on any atom is 0.168 e. The van der Waals surface area contributed by atoms with E-state index in [0.717, 1.165) is 44.1 Å². The normalized spacial score (nSPS) is 17.5. The second-order valence-electron chi connectivity index (χ2n) is 8.76. The molecule has 1 aromatic heterocycles. The lowest BCUT2D eigenvalue weighted by Gasteiger charge is -2.40. The highest BCUT2D eigenvalue weighted by atomic mass is 19.1. The number of piperazine rings is 1. The van der Waals surface area contributed by atoms with Gasteiger partial charge in [0.05, 0.1) is 11.6 Å². The molecule has 0 bridgehead atoms. The molecule has 1 aromatic carbocycles. The van der Waals surface area contributed by atoms with E-state index in [1.165, 1.54) is 12.1 Å². The highest BCUT2D eigenvalue weighted by Crippen LogP contribution is 2.30. The molecule has 3 rings (SSSR count). The number of tetrazole rings is 1. The molecule has 27 heavy (non-hydrogen) atoms. The summed E-state index contributed by atoms with van der Waals surface area (Å²) in [6.45, 7) is 14.6. The fourth-order valence-electron chi connectivity index (χ4n) is 3.69. The number of hydrogen-bond acceptors (Lipinski definition) is 5. The summed E-state index contributed by atoms with van der Waals surface area (Å²) in [6, 6.07) is 6.98. The molecule has 6 nitrogen and oxygen atoms in total. The minimum Gasteiger partial charge on any atom is -0.369 e. The summed E-state index contributed by atoms with van der Waals surface area (Å²) in [4.78, 5) is 4.81. The minimum absolute atomic E-state index is 0.149. The maximum atomic E-state index is 13.2. The molecule has 1 atom stereocenters. The largest absolute Gasteiger partial charge is 0.369 e. The third kappa shape index (κ3) is 4.64. The number of nitrogens with zero attached hydrogens (tertiary/aromatic N) is 6. The van der Waals surface area contributed by atoms with Crippen LogP contribution in [0, 0.1) is 11.7 Å². The van der Waals surface area contributed by atoms with Gasteiger partial charge in [0.1, 0.15) is 5.82 Å². The second-order valence-corrected chi connectivity index (χ2v) is 8.76. The van der Waals surface area contributed by atoms with Crippen LogP contribution < -0.4 is 4.90 Å².